The number of alkyl halides is 3. The van der Waals surface area contributed by atoms with Crippen LogP contribution < -0.4 is 19.7 Å². The van der Waals surface area contributed by atoms with Gasteiger partial charge in [-0.05, 0) is 30.7 Å². The molecule has 0 aliphatic carbocycles. The molecule has 31 heavy (non-hydrogen) atoms. The van der Waals surface area contributed by atoms with E-state index >= 15 is 0 Å². The molecule has 2 aliphatic heterocycles. The minimum atomic E-state index is -4.82. The topological polar surface area (TPSA) is 71.1 Å². The molecule has 10 heteroatoms. The Labute approximate surface area is 176 Å². The fourth-order valence-corrected chi connectivity index (χ4v) is 3.53. The SMILES string of the molecule is O=C(NC1CCN(c2cccc(OC(F)(F)F)c2)C1=O)N1CC(Oc2ccccc2)C1. The summed E-state index contributed by atoms with van der Waals surface area (Å²) in [4.78, 5) is 28.0. The largest absolute Gasteiger partial charge is 0.573 e. The highest BCUT2D eigenvalue weighted by Gasteiger charge is 2.38. The van der Waals surface area contributed by atoms with Crippen LogP contribution in [-0.4, -0.2) is 55.0 Å². The summed E-state index contributed by atoms with van der Waals surface area (Å²) in [6.07, 6.45) is -4.57. The van der Waals surface area contributed by atoms with Crippen LogP contribution in [0.1, 0.15) is 6.42 Å². The molecule has 0 spiro atoms. The van der Waals surface area contributed by atoms with E-state index in [4.69, 9.17) is 4.74 Å². The lowest BCUT2D eigenvalue weighted by Gasteiger charge is -2.39. The summed E-state index contributed by atoms with van der Waals surface area (Å²) >= 11 is 0. The second kappa shape index (κ2) is 8.37. The third kappa shape index (κ3) is 5.01. The van der Waals surface area contributed by atoms with E-state index < -0.39 is 18.2 Å². The summed E-state index contributed by atoms with van der Waals surface area (Å²) in [7, 11) is 0. The van der Waals surface area contributed by atoms with Gasteiger partial charge in [0.2, 0.25) is 5.91 Å². The van der Waals surface area contributed by atoms with Crippen molar-refractivity contribution >= 4 is 17.6 Å². The van der Waals surface area contributed by atoms with Gasteiger partial charge in [0.1, 0.15) is 23.6 Å². The maximum Gasteiger partial charge on any atom is 0.573 e. The number of ether oxygens (including phenoxy) is 2. The van der Waals surface area contributed by atoms with Gasteiger partial charge in [-0.25, -0.2) is 4.79 Å². The van der Waals surface area contributed by atoms with Crippen molar-refractivity contribution < 1.29 is 32.2 Å². The second-order valence-corrected chi connectivity index (χ2v) is 7.28. The number of urea groups is 1. The number of nitrogens with zero attached hydrogens (tertiary/aromatic N) is 2. The summed E-state index contributed by atoms with van der Waals surface area (Å²) in [6.45, 7) is 1.09. The first kappa shape index (κ1) is 20.8. The first-order chi connectivity index (χ1) is 14.8. The molecule has 1 unspecified atom stereocenters. The number of halogens is 3. The number of rotatable bonds is 5. The smallest absolute Gasteiger partial charge is 0.487 e. The van der Waals surface area contributed by atoms with Crippen molar-refractivity contribution in [2.24, 2.45) is 0 Å². The zero-order valence-corrected chi connectivity index (χ0v) is 16.3. The number of nitrogens with one attached hydrogen (secondary N) is 1. The summed E-state index contributed by atoms with van der Waals surface area (Å²) in [5.41, 5.74) is 0.281. The first-order valence-corrected chi connectivity index (χ1v) is 9.73. The normalized spacial score (nSPS) is 19.2. The molecule has 2 aliphatic rings. The first-order valence-electron chi connectivity index (χ1n) is 9.73. The van der Waals surface area contributed by atoms with Crippen molar-refractivity contribution in [3.8, 4) is 11.5 Å². The van der Waals surface area contributed by atoms with Gasteiger partial charge < -0.3 is 24.6 Å². The van der Waals surface area contributed by atoms with E-state index in [1.165, 1.54) is 17.0 Å². The molecule has 2 fully saturated rings. The zero-order valence-electron chi connectivity index (χ0n) is 16.3. The van der Waals surface area contributed by atoms with E-state index in [2.05, 4.69) is 10.1 Å². The van der Waals surface area contributed by atoms with Crippen LogP contribution >= 0.6 is 0 Å². The Hall–Kier alpha value is -3.43. The van der Waals surface area contributed by atoms with Gasteiger partial charge in [0, 0.05) is 18.3 Å². The van der Waals surface area contributed by atoms with Crippen LogP contribution in [0.25, 0.3) is 0 Å². The zero-order chi connectivity index (χ0) is 22.0. The Morgan fingerprint density at radius 3 is 2.45 bits per heavy atom. The minimum absolute atomic E-state index is 0.111. The van der Waals surface area contributed by atoms with E-state index in [1.807, 2.05) is 30.3 Å². The number of likely N-dealkylation sites (tertiary alicyclic amines) is 1. The molecule has 0 bridgehead atoms. The third-order valence-corrected chi connectivity index (χ3v) is 5.05. The number of carbonyl (C=O) groups is 2. The van der Waals surface area contributed by atoms with Gasteiger partial charge in [0.15, 0.2) is 0 Å². The molecule has 1 N–H and O–H groups in total. The number of carbonyl (C=O) groups excluding carboxylic acids is 2. The van der Waals surface area contributed by atoms with E-state index in [0.29, 0.717) is 19.5 Å². The van der Waals surface area contributed by atoms with Crippen LogP contribution in [0.4, 0.5) is 23.7 Å². The predicted molar refractivity (Wildman–Crippen MR) is 105 cm³/mol. The van der Waals surface area contributed by atoms with Crippen molar-refractivity contribution in [1.82, 2.24) is 10.2 Å². The molecule has 2 saturated heterocycles. The maximum atomic E-state index is 12.7. The number of para-hydroxylation sites is 1. The molecule has 2 aromatic rings. The van der Waals surface area contributed by atoms with E-state index in [-0.39, 0.29) is 30.3 Å². The van der Waals surface area contributed by atoms with Gasteiger partial charge in [-0.15, -0.1) is 13.2 Å². The summed E-state index contributed by atoms with van der Waals surface area (Å²) in [5, 5.41) is 2.70. The number of anilines is 1. The summed E-state index contributed by atoms with van der Waals surface area (Å²) < 4.78 is 47.0. The highest BCUT2D eigenvalue weighted by Crippen LogP contribution is 2.29. The standard InChI is InChI=1S/C21H20F3N3O4/c22-21(23,24)31-16-8-4-5-14(11-16)27-10-9-18(19(27)28)25-20(29)26-12-17(13-26)30-15-6-2-1-3-7-15/h1-8,11,17-18H,9-10,12-13H2,(H,25,29). The highest BCUT2D eigenvalue weighted by atomic mass is 19.4. The molecule has 3 amide bonds. The van der Waals surface area contributed by atoms with Crippen LogP contribution in [0, 0.1) is 0 Å². The lowest BCUT2D eigenvalue weighted by atomic mass is 10.1. The van der Waals surface area contributed by atoms with Crippen LogP contribution in [0.2, 0.25) is 0 Å². The van der Waals surface area contributed by atoms with Gasteiger partial charge in [-0.2, -0.15) is 0 Å². The van der Waals surface area contributed by atoms with Crippen molar-refractivity contribution in [2.75, 3.05) is 24.5 Å². The summed E-state index contributed by atoms with van der Waals surface area (Å²) in [5.74, 6) is -0.0589. The van der Waals surface area contributed by atoms with Crippen LogP contribution in [0.3, 0.4) is 0 Å². The third-order valence-electron chi connectivity index (χ3n) is 5.05. The van der Waals surface area contributed by atoms with Crippen LogP contribution in [-0.2, 0) is 4.79 Å². The van der Waals surface area contributed by atoms with Crippen molar-refractivity contribution in [3.05, 3.63) is 54.6 Å². The predicted octanol–water partition coefficient (Wildman–Crippen LogP) is 3.16. The molecule has 2 heterocycles. The molecular weight excluding hydrogens is 415 g/mol. The quantitative estimate of drug-likeness (QED) is 0.783. The molecule has 0 aromatic heterocycles. The molecule has 1 atom stereocenters. The lowest BCUT2D eigenvalue weighted by Crippen LogP contribution is -2.60. The molecule has 4 rings (SSSR count). The Morgan fingerprint density at radius 2 is 1.74 bits per heavy atom. The Kier molecular flexibility index (Phi) is 5.62. The Morgan fingerprint density at radius 1 is 1.03 bits per heavy atom. The fourth-order valence-electron chi connectivity index (χ4n) is 3.53. The van der Waals surface area contributed by atoms with Gasteiger partial charge in [0.25, 0.3) is 0 Å². The van der Waals surface area contributed by atoms with Gasteiger partial charge in [0.05, 0.1) is 13.1 Å². The van der Waals surface area contributed by atoms with Gasteiger partial charge >= 0.3 is 12.4 Å². The number of hydrogen-bond donors (Lipinski definition) is 1. The monoisotopic (exact) mass is 435 g/mol. The molecule has 7 nitrogen and oxygen atoms in total. The lowest BCUT2D eigenvalue weighted by molar-refractivity contribution is -0.274. The van der Waals surface area contributed by atoms with E-state index in [0.717, 1.165) is 17.9 Å². The highest BCUT2D eigenvalue weighted by molar-refractivity contribution is 6.01. The van der Waals surface area contributed by atoms with Crippen molar-refractivity contribution in [1.29, 1.82) is 0 Å². The van der Waals surface area contributed by atoms with Gasteiger partial charge in [-0.1, -0.05) is 24.3 Å². The van der Waals surface area contributed by atoms with Crippen molar-refractivity contribution in [2.45, 2.75) is 24.9 Å². The summed E-state index contributed by atoms with van der Waals surface area (Å²) in [6, 6.07) is 13.4. The molecule has 2 aromatic carbocycles. The molecule has 164 valence electrons. The number of benzene rings is 2. The van der Waals surface area contributed by atoms with E-state index in [9.17, 15) is 22.8 Å². The average Bonchev–Trinajstić information content (AvgIpc) is 3.04. The Balaban J connectivity index is 1.29. The minimum Gasteiger partial charge on any atom is -0.487 e. The Bertz CT molecular complexity index is 948. The number of hydrogen-bond acceptors (Lipinski definition) is 4. The van der Waals surface area contributed by atoms with E-state index in [1.54, 1.807) is 4.90 Å². The van der Waals surface area contributed by atoms with Gasteiger partial charge in [-0.3, -0.25) is 4.79 Å². The fraction of sp³-hybridized carbons (Fsp3) is 0.333. The van der Waals surface area contributed by atoms with Crippen LogP contribution in [0.15, 0.2) is 54.6 Å². The molecular formula is C21H20F3N3O4. The van der Waals surface area contributed by atoms with Crippen molar-refractivity contribution in [3.63, 3.8) is 0 Å². The molecule has 0 radical (unpaired) electrons. The number of amides is 3. The van der Waals surface area contributed by atoms with Crippen LogP contribution in [0.5, 0.6) is 11.5 Å². The average molecular weight is 435 g/mol. The maximum absolute atomic E-state index is 12.7. The molecule has 0 saturated carbocycles. The second-order valence-electron chi connectivity index (χ2n) is 7.28.